The molecule has 0 radical (unpaired) electrons. The van der Waals surface area contributed by atoms with Gasteiger partial charge in [-0.05, 0) is 50.7 Å². The summed E-state index contributed by atoms with van der Waals surface area (Å²) in [7, 11) is 0. The fourth-order valence-corrected chi connectivity index (χ4v) is 3.45. The summed E-state index contributed by atoms with van der Waals surface area (Å²) in [6.07, 6.45) is 3.57. The van der Waals surface area contributed by atoms with Gasteiger partial charge in [0.1, 0.15) is 0 Å². The van der Waals surface area contributed by atoms with Gasteiger partial charge in [-0.25, -0.2) is 0 Å². The molecule has 4 heteroatoms. The van der Waals surface area contributed by atoms with E-state index in [4.69, 9.17) is 0 Å². The van der Waals surface area contributed by atoms with E-state index in [1.807, 2.05) is 0 Å². The molecular weight excluding hydrogens is 250 g/mol. The summed E-state index contributed by atoms with van der Waals surface area (Å²) in [5.41, 5.74) is -0.184. The highest BCUT2D eigenvalue weighted by atomic mass is 16.2. The van der Waals surface area contributed by atoms with Crippen LogP contribution in [0.1, 0.15) is 40.0 Å². The Bertz CT molecular complexity index is 316. The Morgan fingerprint density at radius 1 is 1.40 bits per heavy atom. The lowest BCUT2D eigenvalue weighted by molar-refractivity contribution is -0.132. The zero-order valence-electron chi connectivity index (χ0n) is 13.4. The van der Waals surface area contributed by atoms with Crippen molar-refractivity contribution in [1.29, 1.82) is 0 Å². The Kier molecular flexibility index (Phi) is 5.44. The second-order valence-corrected chi connectivity index (χ2v) is 7.02. The summed E-state index contributed by atoms with van der Waals surface area (Å²) in [6, 6.07) is 0. The molecule has 2 heterocycles. The van der Waals surface area contributed by atoms with Gasteiger partial charge in [0.15, 0.2) is 0 Å². The molecule has 0 spiro atoms. The smallest absolute Gasteiger partial charge is 0.227 e. The second kappa shape index (κ2) is 6.90. The number of carbonyl (C=O) groups is 1. The van der Waals surface area contributed by atoms with Crippen LogP contribution in [0.25, 0.3) is 0 Å². The molecule has 2 N–H and O–H groups in total. The van der Waals surface area contributed by atoms with Crippen molar-refractivity contribution >= 4 is 5.91 Å². The van der Waals surface area contributed by atoms with Gasteiger partial charge in [0.25, 0.3) is 0 Å². The molecule has 1 atom stereocenters. The van der Waals surface area contributed by atoms with E-state index in [1.54, 1.807) is 0 Å². The minimum absolute atomic E-state index is 0.184. The number of hydrogen-bond donors (Lipinski definition) is 2. The molecule has 1 amide bonds. The van der Waals surface area contributed by atoms with Crippen molar-refractivity contribution in [3.8, 4) is 0 Å². The lowest BCUT2D eigenvalue weighted by Crippen LogP contribution is -2.48. The van der Waals surface area contributed by atoms with Gasteiger partial charge < -0.3 is 15.5 Å². The lowest BCUT2D eigenvalue weighted by atomic mass is 9.75. The third-order valence-electron chi connectivity index (χ3n) is 5.34. The van der Waals surface area contributed by atoms with E-state index >= 15 is 0 Å². The van der Waals surface area contributed by atoms with Crippen LogP contribution in [-0.2, 0) is 4.79 Å². The Morgan fingerprint density at radius 3 is 2.65 bits per heavy atom. The van der Waals surface area contributed by atoms with Crippen molar-refractivity contribution in [3.63, 3.8) is 0 Å². The molecule has 2 rings (SSSR count). The lowest BCUT2D eigenvalue weighted by Gasteiger charge is -2.33. The fourth-order valence-electron chi connectivity index (χ4n) is 3.45. The molecule has 116 valence electrons. The van der Waals surface area contributed by atoms with Gasteiger partial charge in [0.05, 0.1) is 5.41 Å². The van der Waals surface area contributed by atoms with Crippen LogP contribution < -0.4 is 10.6 Å². The monoisotopic (exact) mass is 281 g/mol. The molecule has 0 aliphatic carbocycles. The Hall–Kier alpha value is -0.610. The summed E-state index contributed by atoms with van der Waals surface area (Å²) in [5.74, 6) is 1.52. The summed E-state index contributed by atoms with van der Waals surface area (Å²) < 4.78 is 0. The summed E-state index contributed by atoms with van der Waals surface area (Å²) in [4.78, 5) is 15.0. The number of rotatable bonds is 5. The molecule has 2 aliphatic rings. The van der Waals surface area contributed by atoms with E-state index in [9.17, 15) is 4.79 Å². The first kappa shape index (κ1) is 15.8. The highest BCUT2D eigenvalue weighted by Crippen LogP contribution is 2.34. The SMILES string of the molecule is CC1CCN(CCNC(=O)C2(C(C)C)CCNC2)CC1. The Labute approximate surface area is 123 Å². The van der Waals surface area contributed by atoms with E-state index in [-0.39, 0.29) is 11.3 Å². The standard InChI is InChI=1S/C16H31N3O/c1-13(2)16(6-7-17-12-16)15(20)18-8-11-19-9-4-14(3)5-10-19/h13-14,17H,4-12H2,1-3H3,(H,18,20). The normalized spacial score (nSPS) is 29.0. The third-order valence-corrected chi connectivity index (χ3v) is 5.34. The van der Waals surface area contributed by atoms with Gasteiger partial charge in [0, 0.05) is 19.6 Å². The largest absolute Gasteiger partial charge is 0.354 e. The van der Waals surface area contributed by atoms with Crippen LogP contribution in [0.15, 0.2) is 0 Å². The van der Waals surface area contributed by atoms with E-state index in [0.717, 1.165) is 38.5 Å². The first-order chi connectivity index (χ1) is 9.54. The molecule has 1 unspecified atom stereocenters. The molecule has 0 aromatic carbocycles. The molecule has 2 saturated heterocycles. The van der Waals surface area contributed by atoms with Crippen LogP contribution in [0, 0.1) is 17.3 Å². The van der Waals surface area contributed by atoms with Crippen molar-refractivity contribution in [1.82, 2.24) is 15.5 Å². The van der Waals surface area contributed by atoms with Gasteiger partial charge >= 0.3 is 0 Å². The van der Waals surface area contributed by atoms with Crippen molar-refractivity contribution < 1.29 is 4.79 Å². The van der Waals surface area contributed by atoms with E-state index in [0.29, 0.717) is 5.92 Å². The average molecular weight is 281 g/mol. The van der Waals surface area contributed by atoms with Gasteiger partial charge in [-0.2, -0.15) is 0 Å². The summed E-state index contributed by atoms with van der Waals surface area (Å²) in [5, 5.41) is 6.53. The zero-order chi connectivity index (χ0) is 14.6. The van der Waals surface area contributed by atoms with Gasteiger partial charge in [-0.3, -0.25) is 4.79 Å². The second-order valence-electron chi connectivity index (χ2n) is 7.02. The number of amides is 1. The quantitative estimate of drug-likeness (QED) is 0.802. The molecule has 20 heavy (non-hydrogen) atoms. The third kappa shape index (κ3) is 3.53. The first-order valence-corrected chi connectivity index (χ1v) is 8.26. The van der Waals surface area contributed by atoms with Gasteiger partial charge in [-0.1, -0.05) is 20.8 Å². The zero-order valence-corrected chi connectivity index (χ0v) is 13.4. The summed E-state index contributed by atoms with van der Waals surface area (Å²) >= 11 is 0. The maximum Gasteiger partial charge on any atom is 0.227 e. The molecule has 2 fully saturated rings. The van der Waals surface area contributed by atoms with Crippen molar-refractivity contribution in [2.75, 3.05) is 39.3 Å². The number of likely N-dealkylation sites (tertiary alicyclic amines) is 1. The van der Waals surface area contributed by atoms with Crippen molar-refractivity contribution in [2.24, 2.45) is 17.3 Å². The minimum atomic E-state index is -0.184. The summed E-state index contributed by atoms with van der Waals surface area (Å²) in [6.45, 7) is 12.6. The number of hydrogen-bond acceptors (Lipinski definition) is 3. The predicted octanol–water partition coefficient (Wildman–Crippen LogP) is 1.47. The molecular formula is C16H31N3O. The average Bonchev–Trinajstić information content (AvgIpc) is 2.91. The van der Waals surface area contributed by atoms with Crippen LogP contribution in [-0.4, -0.2) is 50.1 Å². The van der Waals surface area contributed by atoms with Crippen LogP contribution in [0.5, 0.6) is 0 Å². The molecule has 0 saturated carbocycles. The van der Waals surface area contributed by atoms with E-state index in [1.165, 1.54) is 25.9 Å². The van der Waals surface area contributed by atoms with E-state index in [2.05, 4.69) is 36.3 Å². The number of piperidine rings is 1. The predicted molar refractivity (Wildman–Crippen MR) is 82.6 cm³/mol. The fraction of sp³-hybridized carbons (Fsp3) is 0.938. The van der Waals surface area contributed by atoms with Gasteiger partial charge in [-0.15, -0.1) is 0 Å². The highest BCUT2D eigenvalue weighted by molar-refractivity contribution is 5.83. The van der Waals surface area contributed by atoms with Gasteiger partial charge in [0.2, 0.25) is 5.91 Å². The number of nitrogens with one attached hydrogen (secondary N) is 2. The van der Waals surface area contributed by atoms with Crippen LogP contribution in [0.2, 0.25) is 0 Å². The maximum absolute atomic E-state index is 12.5. The minimum Gasteiger partial charge on any atom is -0.354 e. The number of nitrogens with zero attached hydrogens (tertiary/aromatic N) is 1. The van der Waals surface area contributed by atoms with Crippen LogP contribution in [0.4, 0.5) is 0 Å². The highest BCUT2D eigenvalue weighted by Gasteiger charge is 2.43. The molecule has 2 aliphatic heterocycles. The Balaban J connectivity index is 1.74. The topological polar surface area (TPSA) is 44.4 Å². The van der Waals surface area contributed by atoms with Crippen molar-refractivity contribution in [3.05, 3.63) is 0 Å². The van der Waals surface area contributed by atoms with Crippen molar-refractivity contribution in [2.45, 2.75) is 40.0 Å². The number of carbonyl (C=O) groups excluding carboxylic acids is 1. The Morgan fingerprint density at radius 2 is 2.10 bits per heavy atom. The molecule has 0 aromatic heterocycles. The van der Waals surface area contributed by atoms with Crippen LogP contribution >= 0.6 is 0 Å². The van der Waals surface area contributed by atoms with E-state index < -0.39 is 0 Å². The van der Waals surface area contributed by atoms with Crippen LogP contribution in [0.3, 0.4) is 0 Å². The maximum atomic E-state index is 12.5. The first-order valence-electron chi connectivity index (χ1n) is 8.26. The molecule has 4 nitrogen and oxygen atoms in total. The molecule has 0 bridgehead atoms. The molecule has 0 aromatic rings.